The summed E-state index contributed by atoms with van der Waals surface area (Å²) in [6.07, 6.45) is 2.70. The average Bonchev–Trinajstić information content (AvgIpc) is 2.64. The minimum Gasteiger partial charge on any atom is -0.308 e. The van der Waals surface area contributed by atoms with Crippen LogP contribution in [0.5, 0.6) is 0 Å². The zero-order valence-electron chi connectivity index (χ0n) is 9.29. The lowest BCUT2D eigenvalue weighted by atomic mass is 10.2. The van der Waals surface area contributed by atoms with Crippen molar-refractivity contribution in [1.82, 2.24) is 10.3 Å². The molecule has 0 saturated heterocycles. The van der Waals surface area contributed by atoms with Crippen molar-refractivity contribution in [2.75, 3.05) is 6.54 Å². The molecule has 0 bridgehead atoms. The average molecular weight is 223 g/mol. The number of nitrogens with zero attached hydrogens (tertiary/aromatic N) is 2. The molecule has 0 aromatic carbocycles. The Bertz CT molecular complexity index is 327. The van der Waals surface area contributed by atoms with E-state index >= 15 is 0 Å². The third-order valence-electron chi connectivity index (χ3n) is 2.17. The number of thiazole rings is 1. The lowest BCUT2D eigenvalue weighted by Gasteiger charge is -2.10. The number of aromatic nitrogens is 1. The van der Waals surface area contributed by atoms with Crippen LogP contribution in [-0.2, 0) is 0 Å². The summed E-state index contributed by atoms with van der Waals surface area (Å²) in [5, 5.41) is 15.0. The number of nitrogens with one attached hydrogen (secondary N) is 1. The van der Waals surface area contributed by atoms with Gasteiger partial charge in [0.05, 0.1) is 12.1 Å². The molecule has 4 heteroatoms. The minimum absolute atomic E-state index is 0.325. The Morgan fingerprint density at radius 3 is 3.00 bits per heavy atom. The highest BCUT2D eigenvalue weighted by Gasteiger charge is 2.07. The van der Waals surface area contributed by atoms with E-state index in [0.717, 1.165) is 30.1 Å². The lowest BCUT2D eigenvalue weighted by Crippen LogP contribution is -2.19. The van der Waals surface area contributed by atoms with Crippen molar-refractivity contribution in [2.24, 2.45) is 0 Å². The predicted octanol–water partition coefficient (Wildman–Crippen LogP) is 2.80. The second-order valence-corrected chi connectivity index (χ2v) is 4.51. The van der Waals surface area contributed by atoms with Crippen molar-refractivity contribution < 1.29 is 0 Å². The van der Waals surface area contributed by atoms with Gasteiger partial charge in [-0.15, -0.1) is 11.3 Å². The molecule has 1 aromatic heterocycles. The summed E-state index contributed by atoms with van der Waals surface area (Å²) < 4.78 is 0. The first-order valence-electron chi connectivity index (χ1n) is 5.26. The van der Waals surface area contributed by atoms with Gasteiger partial charge in [0, 0.05) is 17.5 Å². The van der Waals surface area contributed by atoms with Gasteiger partial charge in [-0.2, -0.15) is 5.26 Å². The topological polar surface area (TPSA) is 48.7 Å². The summed E-state index contributed by atoms with van der Waals surface area (Å²) in [5.74, 6) is 0. The highest BCUT2D eigenvalue weighted by atomic mass is 32.1. The van der Waals surface area contributed by atoms with Gasteiger partial charge in [-0.1, -0.05) is 0 Å². The molecule has 0 radical (unpaired) electrons. The van der Waals surface area contributed by atoms with Crippen LogP contribution in [0.4, 0.5) is 0 Å². The van der Waals surface area contributed by atoms with Gasteiger partial charge in [0.25, 0.3) is 0 Å². The normalized spacial score (nSPS) is 12.3. The van der Waals surface area contributed by atoms with E-state index in [9.17, 15) is 0 Å². The number of rotatable bonds is 6. The van der Waals surface area contributed by atoms with Crippen molar-refractivity contribution in [3.8, 4) is 6.07 Å². The maximum Gasteiger partial charge on any atom is 0.110 e. The molecule has 0 aliphatic carbocycles. The van der Waals surface area contributed by atoms with E-state index in [4.69, 9.17) is 5.26 Å². The number of hydrogen-bond donors (Lipinski definition) is 1. The van der Waals surface area contributed by atoms with E-state index in [2.05, 4.69) is 28.7 Å². The van der Waals surface area contributed by atoms with Gasteiger partial charge in [-0.3, -0.25) is 0 Å². The van der Waals surface area contributed by atoms with Gasteiger partial charge in [0.1, 0.15) is 5.01 Å². The van der Waals surface area contributed by atoms with Gasteiger partial charge >= 0.3 is 0 Å². The Hall–Kier alpha value is -0.920. The molecule has 3 nitrogen and oxygen atoms in total. The Morgan fingerprint density at radius 2 is 2.40 bits per heavy atom. The molecule has 0 saturated carbocycles. The van der Waals surface area contributed by atoms with Crippen LogP contribution in [0.15, 0.2) is 5.38 Å². The van der Waals surface area contributed by atoms with Crippen LogP contribution < -0.4 is 5.32 Å². The van der Waals surface area contributed by atoms with Gasteiger partial charge in [-0.05, 0) is 33.2 Å². The molecular weight excluding hydrogens is 206 g/mol. The predicted molar refractivity (Wildman–Crippen MR) is 62.7 cm³/mol. The van der Waals surface area contributed by atoms with E-state index < -0.39 is 0 Å². The quantitative estimate of drug-likeness (QED) is 0.754. The third-order valence-corrected chi connectivity index (χ3v) is 3.32. The molecule has 1 rings (SSSR count). The summed E-state index contributed by atoms with van der Waals surface area (Å²) in [6.45, 7) is 5.10. The monoisotopic (exact) mass is 223 g/mol. The molecule has 1 heterocycles. The number of hydrogen-bond acceptors (Lipinski definition) is 4. The first-order chi connectivity index (χ1) is 7.24. The first-order valence-corrected chi connectivity index (χ1v) is 6.14. The fraction of sp³-hybridized carbons (Fsp3) is 0.636. The van der Waals surface area contributed by atoms with Crippen LogP contribution >= 0.6 is 11.3 Å². The fourth-order valence-corrected chi connectivity index (χ4v) is 2.13. The van der Waals surface area contributed by atoms with Crippen LogP contribution in [0.1, 0.15) is 42.9 Å². The molecule has 1 N–H and O–H groups in total. The first kappa shape index (κ1) is 12.2. The zero-order chi connectivity index (χ0) is 11.1. The molecule has 0 spiro atoms. The molecule has 1 unspecified atom stereocenters. The Balaban J connectivity index is 2.19. The van der Waals surface area contributed by atoms with Gasteiger partial charge in [0.15, 0.2) is 0 Å². The molecule has 0 aliphatic heterocycles. The van der Waals surface area contributed by atoms with Gasteiger partial charge < -0.3 is 5.32 Å². The smallest absolute Gasteiger partial charge is 0.110 e. The number of nitriles is 1. The second-order valence-electron chi connectivity index (χ2n) is 3.62. The van der Waals surface area contributed by atoms with Crippen molar-refractivity contribution >= 4 is 11.3 Å². The molecule has 0 fully saturated rings. The standard InChI is InChI=1S/C11H17N3S/c1-9-8-15-11(14-9)10(2)13-7-5-3-4-6-12/h8,10,13H,3-5,7H2,1-2H3. The van der Waals surface area contributed by atoms with Crippen molar-refractivity contribution in [1.29, 1.82) is 5.26 Å². The van der Waals surface area contributed by atoms with Crippen molar-refractivity contribution in [3.05, 3.63) is 16.1 Å². The van der Waals surface area contributed by atoms with Crippen molar-refractivity contribution in [2.45, 2.75) is 39.2 Å². The molecule has 0 aliphatic rings. The van der Waals surface area contributed by atoms with Crippen LogP contribution in [-0.4, -0.2) is 11.5 Å². The summed E-state index contributed by atoms with van der Waals surface area (Å²) in [6, 6.07) is 2.48. The van der Waals surface area contributed by atoms with E-state index in [1.807, 2.05) is 6.92 Å². The Labute approximate surface area is 95.2 Å². The van der Waals surface area contributed by atoms with Crippen molar-refractivity contribution in [3.63, 3.8) is 0 Å². The third kappa shape index (κ3) is 4.41. The number of unbranched alkanes of at least 4 members (excludes halogenated alkanes) is 2. The number of aryl methyl sites for hydroxylation is 1. The lowest BCUT2D eigenvalue weighted by molar-refractivity contribution is 0.546. The Morgan fingerprint density at radius 1 is 1.60 bits per heavy atom. The SMILES string of the molecule is Cc1csc(C(C)NCCCCC#N)n1. The molecular formula is C11H17N3S. The second kappa shape index (κ2) is 6.54. The summed E-state index contributed by atoms with van der Waals surface area (Å²) >= 11 is 1.70. The van der Waals surface area contributed by atoms with E-state index in [1.165, 1.54) is 0 Å². The summed E-state index contributed by atoms with van der Waals surface area (Å²) in [4.78, 5) is 4.43. The minimum atomic E-state index is 0.325. The summed E-state index contributed by atoms with van der Waals surface area (Å²) in [7, 11) is 0. The summed E-state index contributed by atoms with van der Waals surface area (Å²) in [5.41, 5.74) is 1.09. The highest BCUT2D eigenvalue weighted by molar-refractivity contribution is 7.09. The van der Waals surface area contributed by atoms with Gasteiger partial charge in [0.2, 0.25) is 0 Å². The van der Waals surface area contributed by atoms with Crippen LogP contribution in [0.3, 0.4) is 0 Å². The maximum absolute atomic E-state index is 8.38. The molecule has 1 atom stereocenters. The maximum atomic E-state index is 8.38. The van der Waals surface area contributed by atoms with Gasteiger partial charge in [-0.25, -0.2) is 4.98 Å². The zero-order valence-corrected chi connectivity index (χ0v) is 10.1. The van der Waals surface area contributed by atoms with E-state index in [-0.39, 0.29) is 0 Å². The Kier molecular flexibility index (Phi) is 5.30. The fourth-order valence-electron chi connectivity index (χ4n) is 1.31. The largest absolute Gasteiger partial charge is 0.308 e. The molecule has 15 heavy (non-hydrogen) atoms. The molecule has 82 valence electrons. The van der Waals surface area contributed by atoms with Crippen LogP contribution in [0, 0.1) is 18.3 Å². The molecule has 1 aromatic rings. The highest BCUT2D eigenvalue weighted by Crippen LogP contribution is 2.17. The van der Waals surface area contributed by atoms with Crippen LogP contribution in [0.2, 0.25) is 0 Å². The van der Waals surface area contributed by atoms with E-state index in [1.54, 1.807) is 11.3 Å². The van der Waals surface area contributed by atoms with Crippen LogP contribution in [0.25, 0.3) is 0 Å². The molecule has 0 amide bonds. The van der Waals surface area contributed by atoms with E-state index in [0.29, 0.717) is 12.5 Å².